The van der Waals surface area contributed by atoms with Gasteiger partial charge in [-0.2, -0.15) is 0 Å². The second-order valence-corrected chi connectivity index (χ2v) is 10.1. The molecule has 3 rings (SSSR count). The summed E-state index contributed by atoms with van der Waals surface area (Å²) < 4.78 is 5.55. The lowest BCUT2D eigenvalue weighted by atomic mass is 10.2. The quantitative estimate of drug-likeness (QED) is 0.304. The molecular weight excluding hydrogens is 460 g/mol. The number of rotatable bonds is 10. The molecule has 0 radical (unpaired) electrons. The minimum absolute atomic E-state index is 0.134. The zero-order valence-corrected chi connectivity index (χ0v) is 21.3. The zero-order chi connectivity index (χ0) is 25.1. The molecule has 1 aromatic carbocycles. The number of thioether (sulfide) groups is 1. The molecule has 2 amide bonds. The second-order valence-electron chi connectivity index (χ2n) is 9.05. The summed E-state index contributed by atoms with van der Waals surface area (Å²) in [5, 5.41) is 2.94. The zero-order valence-electron chi connectivity index (χ0n) is 20.4. The van der Waals surface area contributed by atoms with Crippen molar-refractivity contribution in [2.24, 2.45) is 0 Å². The molecule has 7 nitrogen and oxygen atoms in total. The molecule has 2 aromatic heterocycles. The summed E-state index contributed by atoms with van der Waals surface area (Å²) in [6.07, 6.45) is 7.27. The second kappa shape index (κ2) is 12.9. The van der Waals surface area contributed by atoms with Crippen molar-refractivity contribution in [2.75, 3.05) is 13.1 Å². The molecule has 2 heterocycles. The van der Waals surface area contributed by atoms with E-state index < -0.39 is 5.60 Å². The third-order valence-corrected chi connectivity index (χ3v) is 5.97. The van der Waals surface area contributed by atoms with Gasteiger partial charge in [0.15, 0.2) is 0 Å². The third kappa shape index (κ3) is 9.41. The Bertz CT molecular complexity index is 1070. The largest absolute Gasteiger partial charge is 0.444 e. The highest BCUT2D eigenvalue weighted by Crippen LogP contribution is 2.22. The lowest BCUT2D eigenvalue weighted by Crippen LogP contribution is -2.38. The van der Waals surface area contributed by atoms with Crippen molar-refractivity contribution in [1.29, 1.82) is 0 Å². The topological polar surface area (TPSA) is 84.4 Å². The van der Waals surface area contributed by atoms with E-state index in [9.17, 15) is 9.59 Å². The first-order valence-electron chi connectivity index (χ1n) is 11.6. The van der Waals surface area contributed by atoms with Crippen LogP contribution in [0, 0.1) is 0 Å². The Kier molecular flexibility index (Phi) is 9.66. The molecule has 0 aliphatic rings. The Hall–Kier alpha value is -3.39. The van der Waals surface area contributed by atoms with E-state index in [1.54, 1.807) is 35.3 Å². The number of ether oxygens (including phenoxy) is 1. The first kappa shape index (κ1) is 26.2. The highest BCUT2D eigenvalue weighted by atomic mass is 32.2. The van der Waals surface area contributed by atoms with Gasteiger partial charge < -0.3 is 15.0 Å². The van der Waals surface area contributed by atoms with Gasteiger partial charge in [0.2, 0.25) is 0 Å². The van der Waals surface area contributed by atoms with Crippen molar-refractivity contribution in [3.8, 4) is 0 Å². The van der Waals surface area contributed by atoms with Crippen molar-refractivity contribution < 1.29 is 14.3 Å². The van der Waals surface area contributed by atoms with Crippen LogP contribution in [0.2, 0.25) is 0 Å². The Balaban J connectivity index is 1.47. The molecule has 0 aliphatic carbocycles. The highest BCUT2D eigenvalue weighted by molar-refractivity contribution is 7.98. The first-order valence-corrected chi connectivity index (χ1v) is 12.6. The summed E-state index contributed by atoms with van der Waals surface area (Å²) in [4.78, 5) is 36.2. The van der Waals surface area contributed by atoms with Gasteiger partial charge in [0.25, 0.3) is 5.91 Å². The number of benzene rings is 1. The minimum atomic E-state index is -0.582. The Morgan fingerprint density at radius 2 is 1.63 bits per heavy atom. The number of amides is 2. The fraction of sp³-hybridized carbons (Fsp3) is 0.333. The third-order valence-electron chi connectivity index (χ3n) is 4.88. The molecule has 0 saturated carbocycles. The van der Waals surface area contributed by atoms with Gasteiger partial charge in [0.1, 0.15) is 5.60 Å². The summed E-state index contributed by atoms with van der Waals surface area (Å²) >= 11 is 1.70. The standard InChI is InChI=1S/C27H32N4O3S/c1-27(2,3)34-26(33)31(19-21-7-4-13-28-17-21)16-6-15-30-25(32)23-9-11-24(12-10-23)35-20-22-8-5-14-29-18-22/h4-5,7-14,17-18H,6,15-16,19-20H2,1-3H3,(H,30,32). The number of hydrogen-bond donors (Lipinski definition) is 1. The van der Waals surface area contributed by atoms with Crippen LogP contribution >= 0.6 is 11.8 Å². The Labute approximate surface area is 211 Å². The molecule has 1 N–H and O–H groups in total. The normalized spacial score (nSPS) is 11.1. The number of nitrogens with one attached hydrogen (secondary N) is 1. The molecule has 8 heteroatoms. The summed E-state index contributed by atoms with van der Waals surface area (Å²) in [7, 11) is 0. The smallest absolute Gasteiger partial charge is 0.410 e. The molecule has 3 aromatic rings. The van der Waals surface area contributed by atoms with Crippen molar-refractivity contribution in [3.05, 3.63) is 90.0 Å². The molecule has 0 bridgehead atoms. The summed E-state index contributed by atoms with van der Waals surface area (Å²) in [5.41, 5.74) is 2.10. The molecule has 184 valence electrons. The van der Waals surface area contributed by atoms with E-state index in [0.29, 0.717) is 31.6 Å². The summed E-state index contributed by atoms with van der Waals surface area (Å²) in [5.74, 6) is 0.692. The predicted molar refractivity (Wildman–Crippen MR) is 138 cm³/mol. The van der Waals surface area contributed by atoms with Gasteiger partial charge in [-0.25, -0.2) is 4.79 Å². The van der Waals surface area contributed by atoms with Gasteiger partial charge in [-0.15, -0.1) is 11.8 Å². The summed E-state index contributed by atoms with van der Waals surface area (Å²) in [6.45, 7) is 6.83. The molecular formula is C27H32N4O3S. The fourth-order valence-corrected chi connectivity index (χ4v) is 4.03. The van der Waals surface area contributed by atoms with Crippen LogP contribution in [0.1, 0.15) is 48.7 Å². The average molecular weight is 493 g/mol. The van der Waals surface area contributed by atoms with Crippen molar-refractivity contribution in [2.45, 2.75) is 50.0 Å². The maximum absolute atomic E-state index is 12.7. The lowest BCUT2D eigenvalue weighted by molar-refractivity contribution is 0.0232. The van der Waals surface area contributed by atoms with Gasteiger partial charge >= 0.3 is 6.09 Å². The van der Waals surface area contributed by atoms with Crippen LogP contribution in [-0.4, -0.2) is 45.6 Å². The van der Waals surface area contributed by atoms with Crippen LogP contribution in [0.15, 0.2) is 78.2 Å². The predicted octanol–water partition coefficient (Wildman–Crippen LogP) is 5.33. The average Bonchev–Trinajstić information content (AvgIpc) is 2.85. The fourth-order valence-electron chi connectivity index (χ4n) is 3.20. The van der Waals surface area contributed by atoms with Gasteiger partial charge in [0.05, 0.1) is 6.54 Å². The van der Waals surface area contributed by atoms with Gasteiger partial charge in [-0.1, -0.05) is 12.1 Å². The van der Waals surface area contributed by atoms with Gasteiger partial charge in [-0.3, -0.25) is 14.8 Å². The van der Waals surface area contributed by atoms with Crippen molar-refractivity contribution in [1.82, 2.24) is 20.2 Å². The Morgan fingerprint density at radius 1 is 0.971 bits per heavy atom. The van der Waals surface area contributed by atoms with E-state index in [0.717, 1.165) is 21.8 Å². The molecule has 0 spiro atoms. The molecule has 35 heavy (non-hydrogen) atoms. The van der Waals surface area contributed by atoms with E-state index >= 15 is 0 Å². The highest BCUT2D eigenvalue weighted by Gasteiger charge is 2.22. The Morgan fingerprint density at radius 3 is 2.23 bits per heavy atom. The van der Waals surface area contributed by atoms with E-state index in [2.05, 4.69) is 15.3 Å². The molecule has 0 unspecified atom stereocenters. The molecule has 0 fully saturated rings. The molecule has 0 saturated heterocycles. The van der Waals surface area contributed by atoms with Crippen LogP contribution in [0.4, 0.5) is 4.79 Å². The van der Waals surface area contributed by atoms with Crippen LogP contribution in [0.3, 0.4) is 0 Å². The van der Waals surface area contributed by atoms with Crippen LogP contribution in [0.25, 0.3) is 0 Å². The van der Waals surface area contributed by atoms with Gasteiger partial charge in [0, 0.05) is 54.1 Å². The lowest BCUT2D eigenvalue weighted by Gasteiger charge is -2.27. The van der Waals surface area contributed by atoms with Crippen LogP contribution < -0.4 is 5.32 Å². The van der Waals surface area contributed by atoms with Crippen LogP contribution in [0.5, 0.6) is 0 Å². The molecule has 0 atom stereocenters. The number of hydrogen-bond acceptors (Lipinski definition) is 6. The van der Waals surface area contributed by atoms with Gasteiger partial charge in [-0.05, 0) is 74.7 Å². The van der Waals surface area contributed by atoms with Crippen molar-refractivity contribution in [3.63, 3.8) is 0 Å². The summed E-state index contributed by atoms with van der Waals surface area (Å²) in [6, 6.07) is 15.3. The van der Waals surface area contributed by atoms with Crippen molar-refractivity contribution >= 4 is 23.8 Å². The first-order chi connectivity index (χ1) is 16.8. The van der Waals surface area contributed by atoms with E-state index in [4.69, 9.17) is 4.74 Å². The number of nitrogens with zero attached hydrogens (tertiary/aromatic N) is 3. The number of pyridine rings is 2. The van der Waals surface area contributed by atoms with Crippen LogP contribution in [-0.2, 0) is 17.0 Å². The number of aromatic nitrogens is 2. The maximum atomic E-state index is 12.7. The monoisotopic (exact) mass is 492 g/mol. The minimum Gasteiger partial charge on any atom is -0.444 e. The maximum Gasteiger partial charge on any atom is 0.410 e. The molecule has 0 aliphatic heterocycles. The SMILES string of the molecule is CC(C)(C)OC(=O)N(CCCNC(=O)c1ccc(SCc2cccnc2)cc1)Cc1cccnc1. The number of carbonyl (C=O) groups is 2. The van der Waals surface area contributed by atoms with E-state index in [1.807, 2.05) is 75.5 Å². The van der Waals surface area contributed by atoms with E-state index in [-0.39, 0.29) is 12.0 Å². The van der Waals surface area contributed by atoms with E-state index in [1.165, 1.54) is 0 Å². The number of carbonyl (C=O) groups excluding carboxylic acids is 2.